The van der Waals surface area contributed by atoms with E-state index in [9.17, 15) is 15.4 Å². The first-order valence-corrected chi connectivity index (χ1v) is 10.5. The van der Waals surface area contributed by atoms with Crippen LogP contribution >= 0.6 is 0 Å². The van der Waals surface area contributed by atoms with E-state index >= 15 is 0 Å². The van der Waals surface area contributed by atoms with Crippen LogP contribution < -0.4 is 9.47 Å². The lowest BCUT2D eigenvalue weighted by molar-refractivity contribution is -0.385. The van der Waals surface area contributed by atoms with Crippen molar-refractivity contribution < 1.29 is 14.4 Å². The fraction of sp³-hybridized carbons (Fsp3) is 0.154. The molecule has 8 heteroatoms. The van der Waals surface area contributed by atoms with Gasteiger partial charge in [0.15, 0.2) is 11.5 Å². The van der Waals surface area contributed by atoms with Crippen LogP contribution in [0.5, 0.6) is 11.5 Å². The van der Waals surface area contributed by atoms with Crippen LogP contribution in [0.1, 0.15) is 28.1 Å². The highest BCUT2D eigenvalue weighted by atomic mass is 16.6. The van der Waals surface area contributed by atoms with E-state index < -0.39 is 4.92 Å². The predicted molar refractivity (Wildman–Crippen MR) is 129 cm³/mol. The summed E-state index contributed by atoms with van der Waals surface area (Å²) in [4.78, 5) is 19.0. The fourth-order valence-corrected chi connectivity index (χ4v) is 3.55. The van der Waals surface area contributed by atoms with E-state index in [4.69, 9.17) is 9.47 Å². The lowest BCUT2D eigenvalue weighted by Gasteiger charge is -2.12. The second-order valence-corrected chi connectivity index (χ2v) is 7.80. The van der Waals surface area contributed by atoms with E-state index in [1.807, 2.05) is 56.3 Å². The molecule has 1 N–H and O–H groups in total. The first-order valence-electron chi connectivity index (χ1n) is 10.5. The number of nitriles is 1. The van der Waals surface area contributed by atoms with Crippen molar-refractivity contribution in [2.75, 3.05) is 7.11 Å². The summed E-state index contributed by atoms with van der Waals surface area (Å²) in [7, 11) is 1.46. The number of aromatic nitrogens is 2. The van der Waals surface area contributed by atoms with Crippen molar-refractivity contribution in [1.29, 1.82) is 5.26 Å². The largest absolute Gasteiger partial charge is 0.493 e. The molecule has 0 aliphatic rings. The molecule has 0 aliphatic carbocycles. The van der Waals surface area contributed by atoms with Crippen LogP contribution in [0.2, 0.25) is 0 Å². The second kappa shape index (κ2) is 9.46. The summed E-state index contributed by atoms with van der Waals surface area (Å²) in [5.74, 6) is 0.893. The lowest BCUT2D eigenvalue weighted by Crippen LogP contribution is -2.00. The maximum Gasteiger partial charge on any atom is 0.280 e. The van der Waals surface area contributed by atoms with Gasteiger partial charge in [-0.15, -0.1) is 0 Å². The zero-order valence-corrected chi connectivity index (χ0v) is 19.0. The number of nitrogens with zero attached hydrogens (tertiary/aromatic N) is 3. The van der Waals surface area contributed by atoms with Gasteiger partial charge in [-0.3, -0.25) is 10.1 Å². The predicted octanol–water partition coefficient (Wildman–Crippen LogP) is 5.74. The quantitative estimate of drug-likeness (QED) is 0.216. The van der Waals surface area contributed by atoms with Crippen LogP contribution in [0, 0.1) is 35.3 Å². The Labute approximate surface area is 196 Å². The normalized spacial score (nSPS) is 11.3. The molecule has 0 saturated carbocycles. The number of aryl methyl sites for hydroxylation is 2. The van der Waals surface area contributed by atoms with Gasteiger partial charge in [-0.05, 0) is 54.8 Å². The Hall–Kier alpha value is -4.64. The van der Waals surface area contributed by atoms with Crippen molar-refractivity contribution in [3.05, 3.63) is 92.8 Å². The summed E-state index contributed by atoms with van der Waals surface area (Å²) in [6, 6.07) is 18.3. The Balaban J connectivity index is 1.74. The topological polar surface area (TPSA) is 114 Å². The third-order valence-electron chi connectivity index (χ3n) is 5.52. The monoisotopic (exact) mass is 454 g/mol. The van der Waals surface area contributed by atoms with Gasteiger partial charge in [-0.25, -0.2) is 4.98 Å². The Morgan fingerprint density at radius 2 is 1.88 bits per heavy atom. The van der Waals surface area contributed by atoms with E-state index in [0.29, 0.717) is 11.6 Å². The van der Waals surface area contributed by atoms with E-state index in [2.05, 4.69) is 16.0 Å². The van der Waals surface area contributed by atoms with Gasteiger partial charge < -0.3 is 14.5 Å². The Kier molecular flexibility index (Phi) is 6.28. The molecule has 0 spiro atoms. The molecule has 170 valence electrons. The van der Waals surface area contributed by atoms with E-state index in [1.165, 1.54) is 25.3 Å². The van der Waals surface area contributed by atoms with Crippen LogP contribution in [0.4, 0.5) is 5.69 Å². The van der Waals surface area contributed by atoms with Crippen LogP contribution in [-0.4, -0.2) is 22.0 Å². The zero-order valence-electron chi connectivity index (χ0n) is 19.0. The van der Waals surface area contributed by atoms with Gasteiger partial charge in [0, 0.05) is 0 Å². The van der Waals surface area contributed by atoms with Crippen LogP contribution in [0.15, 0.2) is 54.6 Å². The number of hydrogen-bond donors (Lipinski definition) is 1. The summed E-state index contributed by atoms with van der Waals surface area (Å²) in [6.45, 7) is 4.21. The minimum atomic E-state index is -0.513. The van der Waals surface area contributed by atoms with Crippen LogP contribution in [0.25, 0.3) is 22.7 Å². The average Bonchev–Trinajstić information content (AvgIpc) is 3.24. The number of nitrogens with one attached hydrogen (secondary N) is 1. The number of imidazole rings is 1. The molecule has 34 heavy (non-hydrogen) atoms. The lowest BCUT2D eigenvalue weighted by atomic mass is 10.1. The Morgan fingerprint density at radius 3 is 2.56 bits per heavy atom. The number of nitro groups is 1. The number of rotatable bonds is 7. The van der Waals surface area contributed by atoms with Gasteiger partial charge in [0.25, 0.3) is 5.69 Å². The van der Waals surface area contributed by atoms with E-state index in [0.717, 1.165) is 27.7 Å². The minimum absolute atomic E-state index is 0.162. The van der Waals surface area contributed by atoms with Crippen molar-refractivity contribution in [2.24, 2.45) is 0 Å². The number of aromatic amines is 1. The molecule has 0 amide bonds. The maximum absolute atomic E-state index is 11.8. The summed E-state index contributed by atoms with van der Waals surface area (Å²) in [5, 5.41) is 21.6. The molecule has 0 unspecified atom stereocenters. The molecule has 0 bridgehead atoms. The van der Waals surface area contributed by atoms with Crippen LogP contribution in [-0.2, 0) is 6.61 Å². The zero-order chi connectivity index (χ0) is 24.2. The molecule has 3 aromatic carbocycles. The van der Waals surface area contributed by atoms with Crippen molar-refractivity contribution in [3.63, 3.8) is 0 Å². The SMILES string of the molecule is COc1cc(/C=C(\C#N)c2nc3cc(C)c(C)cc3[nH]2)c([N+](=O)[O-])cc1OCc1ccccc1. The highest BCUT2D eigenvalue weighted by Gasteiger charge is 2.20. The number of nitro benzene ring substituents is 1. The number of benzene rings is 3. The molecule has 0 radical (unpaired) electrons. The molecule has 8 nitrogen and oxygen atoms in total. The molecular weight excluding hydrogens is 432 g/mol. The Bertz CT molecular complexity index is 1410. The number of H-pyrrole nitrogens is 1. The number of hydrogen-bond acceptors (Lipinski definition) is 6. The third kappa shape index (κ3) is 4.59. The van der Waals surface area contributed by atoms with Crippen molar-refractivity contribution in [1.82, 2.24) is 9.97 Å². The molecular formula is C26H22N4O4. The van der Waals surface area contributed by atoms with Gasteiger partial charge in [-0.1, -0.05) is 30.3 Å². The van der Waals surface area contributed by atoms with Gasteiger partial charge in [0.2, 0.25) is 0 Å². The van der Waals surface area contributed by atoms with Gasteiger partial charge >= 0.3 is 0 Å². The molecule has 4 rings (SSSR count). The van der Waals surface area contributed by atoms with E-state index in [-0.39, 0.29) is 29.2 Å². The number of allylic oxidation sites excluding steroid dienone is 1. The standard InChI is InChI=1S/C26H22N4O4/c1-16-9-21-22(10-17(16)2)29-26(28-21)20(14-27)11-19-12-24(33-3)25(13-23(19)30(31)32)34-15-18-7-5-4-6-8-18/h4-13H,15H2,1-3H3,(H,28,29)/b20-11+. The Morgan fingerprint density at radius 1 is 1.15 bits per heavy atom. The number of ether oxygens (including phenoxy) is 2. The molecule has 4 aromatic rings. The smallest absolute Gasteiger partial charge is 0.280 e. The van der Waals surface area contributed by atoms with Gasteiger partial charge in [-0.2, -0.15) is 5.26 Å². The molecule has 0 saturated heterocycles. The summed E-state index contributed by atoms with van der Waals surface area (Å²) < 4.78 is 11.2. The average molecular weight is 454 g/mol. The highest BCUT2D eigenvalue weighted by molar-refractivity contribution is 5.92. The summed E-state index contributed by atoms with van der Waals surface area (Å²) in [6.07, 6.45) is 1.43. The summed E-state index contributed by atoms with van der Waals surface area (Å²) >= 11 is 0. The first-order chi connectivity index (χ1) is 16.4. The molecule has 0 fully saturated rings. The molecule has 0 aliphatic heterocycles. The van der Waals surface area contributed by atoms with Gasteiger partial charge in [0.05, 0.1) is 40.3 Å². The van der Waals surface area contributed by atoms with Crippen molar-refractivity contribution in [2.45, 2.75) is 20.5 Å². The van der Waals surface area contributed by atoms with Crippen LogP contribution in [0.3, 0.4) is 0 Å². The number of fused-ring (bicyclic) bond motifs is 1. The molecule has 1 aromatic heterocycles. The summed E-state index contributed by atoms with van der Waals surface area (Å²) in [5.41, 5.74) is 4.76. The van der Waals surface area contributed by atoms with E-state index in [1.54, 1.807) is 0 Å². The second-order valence-electron chi connectivity index (χ2n) is 7.80. The highest BCUT2D eigenvalue weighted by Crippen LogP contribution is 2.37. The van der Waals surface area contributed by atoms with Gasteiger partial charge in [0.1, 0.15) is 18.5 Å². The number of methoxy groups -OCH3 is 1. The molecule has 0 atom stereocenters. The fourth-order valence-electron chi connectivity index (χ4n) is 3.55. The van der Waals surface area contributed by atoms with Crippen molar-refractivity contribution in [3.8, 4) is 17.6 Å². The first kappa shape index (κ1) is 22.6. The maximum atomic E-state index is 11.8. The van der Waals surface area contributed by atoms with Crippen molar-refractivity contribution >= 4 is 28.4 Å². The minimum Gasteiger partial charge on any atom is -0.493 e. The molecule has 1 heterocycles. The third-order valence-corrected chi connectivity index (χ3v) is 5.52.